The Morgan fingerprint density at radius 2 is 2.31 bits per heavy atom. The lowest BCUT2D eigenvalue weighted by molar-refractivity contribution is -0.129. The van der Waals surface area contributed by atoms with E-state index in [1.807, 2.05) is 22.6 Å². The molecule has 4 nitrogen and oxygen atoms in total. The van der Waals surface area contributed by atoms with Gasteiger partial charge in [0, 0.05) is 24.9 Å². The van der Waals surface area contributed by atoms with Gasteiger partial charge in [0.1, 0.15) is 0 Å². The van der Waals surface area contributed by atoms with E-state index in [1.165, 1.54) is 0 Å². The largest absolute Gasteiger partial charge is 0.331 e. The molecule has 0 aliphatic carbocycles. The fourth-order valence-corrected chi connectivity index (χ4v) is 1.73. The van der Waals surface area contributed by atoms with Gasteiger partial charge in [-0.25, -0.2) is 4.98 Å². The first-order chi connectivity index (χ1) is 7.77. The summed E-state index contributed by atoms with van der Waals surface area (Å²) in [4.78, 5) is 17.3. The summed E-state index contributed by atoms with van der Waals surface area (Å²) in [6.45, 7) is 4.01. The van der Waals surface area contributed by atoms with Crippen LogP contribution in [0, 0.1) is 17.8 Å². The van der Waals surface area contributed by atoms with Crippen LogP contribution < -0.4 is 0 Å². The van der Waals surface area contributed by atoms with E-state index in [0.29, 0.717) is 13.1 Å². The van der Waals surface area contributed by atoms with E-state index in [-0.39, 0.29) is 11.8 Å². The van der Waals surface area contributed by atoms with Gasteiger partial charge in [-0.3, -0.25) is 4.79 Å². The standard InChI is InChI=1S/C12H15N3O/c1-11-4-8-15(12(11)16)7-3-2-6-14-9-5-13-10-14/h5,9-11H,4,6-8H2,1H3. The maximum absolute atomic E-state index is 11.6. The normalized spacial score (nSPS) is 19.7. The van der Waals surface area contributed by atoms with E-state index >= 15 is 0 Å². The third kappa shape index (κ3) is 2.43. The van der Waals surface area contributed by atoms with Crippen LogP contribution in [-0.2, 0) is 11.3 Å². The van der Waals surface area contributed by atoms with Gasteiger partial charge in [-0.15, -0.1) is 0 Å². The summed E-state index contributed by atoms with van der Waals surface area (Å²) in [5.41, 5.74) is 0. The van der Waals surface area contributed by atoms with Crippen LogP contribution in [0.25, 0.3) is 0 Å². The lowest BCUT2D eigenvalue weighted by Crippen LogP contribution is -2.26. The molecule has 1 fully saturated rings. The van der Waals surface area contributed by atoms with E-state index in [4.69, 9.17) is 0 Å². The quantitative estimate of drug-likeness (QED) is 0.686. The second kappa shape index (κ2) is 4.84. The van der Waals surface area contributed by atoms with E-state index in [2.05, 4.69) is 16.8 Å². The van der Waals surface area contributed by atoms with E-state index in [0.717, 1.165) is 13.0 Å². The van der Waals surface area contributed by atoms with Crippen LogP contribution in [0.4, 0.5) is 0 Å². The summed E-state index contributed by atoms with van der Waals surface area (Å²) in [5.74, 6) is 6.46. The van der Waals surface area contributed by atoms with Gasteiger partial charge in [0.2, 0.25) is 5.91 Å². The predicted molar refractivity (Wildman–Crippen MR) is 60.4 cm³/mol. The number of aromatic nitrogens is 2. The van der Waals surface area contributed by atoms with Crippen molar-refractivity contribution in [2.45, 2.75) is 19.9 Å². The van der Waals surface area contributed by atoms with Crippen molar-refractivity contribution in [1.29, 1.82) is 0 Å². The molecular weight excluding hydrogens is 202 g/mol. The molecule has 4 heteroatoms. The van der Waals surface area contributed by atoms with Gasteiger partial charge in [0.15, 0.2) is 0 Å². The molecule has 1 aliphatic rings. The fraction of sp³-hybridized carbons (Fsp3) is 0.500. The molecule has 1 saturated heterocycles. The van der Waals surface area contributed by atoms with Crippen molar-refractivity contribution in [2.75, 3.05) is 13.1 Å². The van der Waals surface area contributed by atoms with Crippen LogP contribution in [0.5, 0.6) is 0 Å². The summed E-state index contributed by atoms with van der Waals surface area (Å²) in [7, 11) is 0. The molecule has 1 unspecified atom stereocenters. The number of carbonyl (C=O) groups is 1. The van der Waals surface area contributed by atoms with E-state index < -0.39 is 0 Å². The first kappa shape index (κ1) is 10.7. The second-order valence-electron chi connectivity index (χ2n) is 4.04. The molecule has 2 rings (SSSR count). The number of imidazole rings is 1. The zero-order valence-corrected chi connectivity index (χ0v) is 9.39. The molecule has 1 aromatic rings. The van der Waals surface area contributed by atoms with Crippen molar-refractivity contribution in [1.82, 2.24) is 14.5 Å². The summed E-state index contributed by atoms with van der Waals surface area (Å²) in [6.07, 6.45) is 6.30. The molecule has 0 aromatic carbocycles. The molecule has 1 aliphatic heterocycles. The maximum Gasteiger partial charge on any atom is 0.226 e. The van der Waals surface area contributed by atoms with Crippen molar-refractivity contribution < 1.29 is 4.79 Å². The Kier molecular flexibility index (Phi) is 3.25. The van der Waals surface area contributed by atoms with Crippen LogP contribution >= 0.6 is 0 Å². The van der Waals surface area contributed by atoms with Crippen LogP contribution in [0.3, 0.4) is 0 Å². The molecule has 0 bridgehead atoms. The van der Waals surface area contributed by atoms with Crippen molar-refractivity contribution >= 4 is 5.91 Å². The smallest absolute Gasteiger partial charge is 0.226 e. The molecule has 1 amide bonds. The third-order valence-corrected chi connectivity index (χ3v) is 2.78. The Balaban J connectivity index is 1.80. The minimum absolute atomic E-state index is 0.176. The minimum atomic E-state index is 0.176. The predicted octanol–water partition coefficient (Wildman–Crippen LogP) is 0.755. The van der Waals surface area contributed by atoms with Crippen LogP contribution in [-0.4, -0.2) is 33.4 Å². The molecule has 2 heterocycles. The van der Waals surface area contributed by atoms with Gasteiger partial charge in [0.25, 0.3) is 0 Å². The summed E-state index contributed by atoms with van der Waals surface area (Å²) >= 11 is 0. The van der Waals surface area contributed by atoms with Gasteiger partial charge in [-0.1, -0.05) is 18.8 Å². The first-order valence-corrected chi connectivity index (χ1v) is 5.47. The molecular formula is C12H15N3O. The van der Waals surface area contributed by atoms with Gasteiger partial charge in [-0.05, 0) is 6.42 Å². The van der Waals surface area contributed by atoms with E-state index in [9.17, 15) is 4.79 Å². The SMILES string of the molecule is CC1CCN(CC#CCn2ccnc2)C1=O. The summed E-state index contributed by atoms with van der Waals surface area (Å²) in [6, 6.07) is 0. The van der Waals surface area contributed by atoms with Gasteiger partial charge >= 0.3 is 0 Å². The lowest BCUT2D eigenvalue weighted by Gasteiger charge is -2.11. The molecule has 84 valence electrons. The van der Waals surface area contributed by atoms with Gasteiger partial charge in [0.05, 0.1) is 19.4 Å². The number of hydrogen-bond donors (Lipinski definition) is 0. The fourth-order valence-electron chi connectivity index (χ4n) is 1.73. The molecule has 0 spiro atoms. The maximum atomic E-state index is 11.6. The van der Waals surface area contributed by atoms with Gasteiger partial charge in [-0.2, -0.15) is 0 Å². The molecule has 16 heavy (non-hydrogen) atoms. The average molecular weight is 217 g/mol. The minimum Gasteiger partial charge on any atom is -0.331 e. The summed E-state index contributed by atoms with van der Waals surface area (Å²) in [5, 5.41) is 0. The van der Waals surface area contributed by atoms with E-state index in [1.54, 1.807) is 12.5 Å². The Bertz CT molecular complexity index is 413. The highest BCUT2D eigenvalue weighted by Gasteiger charge is 2.26. The van der Waals surface area contributed by atoms with Crippen molar-refractivity contribution in [3.8, 4) is 11.8 Å². The topological polar surface area (TPSA) is 38.1 Å². The zero-order valence-electron chi connectivity index (χ0n) is 9.39. The highest BCUT2D eigenvalue weighted by atomic mass is 16.2. The van der Waals surface area contributed by atoms with Gasteiger partial charge < -0.3 is 9.47 Å². The third-order valence-electron chi connectivity index (χ3n) is 2.78. The molecule has 1 aromatic heterocycles. The van der Waals surface area contributed by atoms with Crippen molar-refractivity contribution in [2.24, 2.45) is 5.92 Å². The average Bonchev–Trinajstić information content (AvgIpc) is 2.88. The molecule has 0 radical (unpaired) electrons. The van der Waals surface area contributed by atoms with Crippen molar-refractivity contribution in [3.05, 3.63) is 18.7 Å². The number of rotatable bonds is 2. The number of likely N-dealkylation sites (tertiary alicyclic amines) is 1. The highest BCUT2D eigenvalue weighted by Crippen LogP contribution is 2.15. The summed E-state index contributed by atoms with van der Waals surface area (Å²) < 4.78 is 1.90. The highest BCUT2D eigenvalue weighted by molar-refractivity contribution is 5.80. The molecule has 0 N–H and O–H groups in total. The Labute approximate surface area is 95.3 Å². The zero-order chi connectivity index (χ0) is 11.4. The molecule has 0 saturated carbocycles. The Morgan fingerprint density at radius 3 is 2.94 bits per heavy atom. The Hall–Kier alpha value is -1.76. The van der Waals surface area contributed by atoms with Crippen LogP contribution in [0.1, 0.15) is 13.3 Å². The number of amides is 1. The number of hydrogen-bond acceptors (Lipinski definition) is 2. The molecule has 1 atom stereocenters. The Morgan fingerprint density at radius 1 is 1.50 bits per heavy atom. The van der Waals surface area contributed by atoms with Crippen molar-refractivity contribution in [3.63, 3.8) is 0 Å². The van der Waals surface area contributed by atoms with Crippen LogP contribution in [0.15, 0.2) is 18.7 Å². The first-order valence-electron chi connectivity index (χ1n) is 5.47. The number of carbonyl (C=O) groups excluding carboxylic acids is 1. The number of nitrogens with zero attached hydrogens (tertiary/aromatic N) is 3. The second-order valence-corrected chi connectivity index (χ2v) is 4.04. The lowest BCUT2D eigenvalue weighted by atomic mass is 10.1. The monoisotopic (exact) mass is 217 g/mol. The van der Waals surface area contributed by atoms with Crippen LogP contribution in [0.2, 0.25) is 0 Å².